The molecule has 2 atom stereocenters. The second kappa shape index (κ2) is 5.30. The van der Waals surface area contributed by atoms with Crippen molar-refractivity contribution >= 4 is 0 Å². The van der Waals surface area contributed by atoms with Crippen LogP contribution >= 0.6 is 0 Å². The third kappa shape index (κ3) is 2.37. The Balaban J connectivity index is 1.64. The van der Waals surface area contributed by atoms with E-state index in [1.165, 1.54) is 36.3 Å². The van der Waals surface area contributed by atoms with E-state index in [1.807, 2.05) is 0 Å². The molecule has 0 radical (unpaired) electrons. The van der Waals surface area contributed by atoms with Gasteiger partial charge in [0.2, 0.25) is 0 Å². The van der Waals surface area contributed by atoms with E-state index in [4.69, 9.17) is 14.7 Å². The molecule has 3 aliphatic heterocycles. The quantitative estimate of drug-likeness (QED) is 0.898. The highest BCUT2D eigenvalue weighted by molar-refractivity contribution is 5.31. The van der Waals surface area contributed by atoms with Crippen LogP contribution in [0.25, 0.3) is 0 Å². The maximum Gasteiger partial charge on any atom is 0.159 e. The van der Waals surface area contributed by atoms with Crippen molar-refractivity contribution in [3.8, 4) is 0 Å². The first kappa shape index (κ1) is 13.6. The maximum absolute atomic E-state index is 6.09. The van der Waals surface area contributed by atoms with Gasteiger partial charge in [-0.25, -0.2) is 9.97 Å². The number of aromatic nitrogens is 2. The van der Waals surface area contributed by atoms with Gasteiger partial charge >= 0.3 is 0 Å². The summed E-state index contributed by atoms with van der Waals surface area (Å²) in [5, 5.41) is 3.40. The van der Waals surface area contributed by atoms with Gasteiger partial charge in [0, 0.05) is 31.2 Å². The van der Waals surface area contributed by atoms with E-state index in [9.17, 15) is 0 Å². The number of nitrogens with zero attached hydrogens (tertiary/aromatic N) is 3. The van der Waals surface area contributed by atoms with E-state index >= 15 is 0 Å². The summed E-state index contributed by atoms with van der Waals surface area (Å²) < 4.78 is 6.09. The summed E-state index contributed by atoms with van der Waals surface area (Å²) in [6.45, 7) is 9.18. The van der Waals surface area contributed by atoms with Crippen molar-refractivity contribution in [3.05, 3.63) is 22.8 Å². The Bertz CT molecular complexity index is 545. The standard InChI is InChI=1S/C16H24N4O/c1-10(2)15-12-6-17-7-13(12)18-16(19-15)14-8-20-5-3-4-11(20)9-21-14/h10-11,14,17H,3-9H2,1-2H3. The zero-order valence-corrected chi connectivity index (χ0v) is 12.9. The van der Waals surface area contributed by atoms with E-state index < -0.39 is 0 Å². The third-order valence-electron chi connectivity index (χ3n) is 4.96. The molecule has 1 aromatic rings. The molecule has 21 heavy (non-hydrogen) atoms. The summed E-state index contributed by atoms with van der Waals surface area (Å²) in [5.41, 5.74) is 3.69. The number of hydrogen-bond acceptors (Lipinski definition) is 5. The van der Waals surface area contributed by atoms with E-state index in [-0.39, 0.29) is 6.10 Å². The van der Waals surface area contributed by atoms with Gasteiger partial charge in [-0.15, -0.1) is 0 Å². The zero-order chi connectivity index (χ0) is 14.4. The molecule has 5 heteroatoms. The molecule has 3 aliphatic rings. The monoisotopic (exact) mass is 288 g/mol. The first-order valence-corrected chi connectivity index (χ1v) is 8.18. The van der Waals surface area contributed by atoms with Crippen LogP contribution in [-0.4, -0.2) is 40.6 Å². The second-order valence-electron chi connectivity index (χ2n) is 6.76. The Labute approximate surface area is 126 Å². The van der Waals surface area contributed by atoms with Crippen LogP contribution in [-0.2, 0) is 17.8 Å². The van der Waals surface area contributed by atoms with Crippen molar-refractivity contribution in [1.82, 2.24) is 20.2 Å². The van der Waals surface area contributed by atoms with Crippen molar-refractivity contribution in [2.24, 2.45) is 0 Å². The van der Waals surface area contributed by atoms with E-state index in [1.54, 1.807) is 0 Å². The maximum atomic E-state index is 6.09. The zero-order valence-electron chi connectivity index (χ0n) is 12.9. The highest BCUT2D eigenvalue weighted by Gasteiger charge is 2.35. The van der Waals surface area contributed by atoms with Crippen molar-refractivity contribution in [3.63, 3.8) is 0 Å². The van der Waals surface area contributed by atoms with Crippen LogP contribution in [0.2, 0.25) is 0 Å². The smallest absolute Gasteiger partial charge is 0.159 e. The van der Waals surface area contributed by atoms with Crippen LogP contribution in [0.3, 0.4) is 0 Å². The number of fused-ring (bicyclic) bond motifs is 2. The van der Waals surface area contributed by atoms with Crippen molar-refractivity contribution in [2.75, 3.05) is 19.7 Å². The molecule has 1 aromatic heterocycles. The van der Waals surface area contributed by atoms with Gasteiger partial charge in [0.1, 0.15) is 6.10 Å². The first-order valence-electron chi connectivity index (χ1n) is 8.18. The van der Waals surface area contributed by atoms with Crippen LogP contribution in [0.15, 0.2) is 0 Å². The average Bonchev–Trinajstić information content (AvgIpc) is 3.13. The summed E-state index contributed by atoms with van der Waals surface area (Å²) in [6.07, 6.45) is 2.62. The Morgan fingerprint density at radius 1 is 1.29 bits per heavy atom. The molecular weight excluding hydrogens is 264 g/mol. The molecule has 0 saturated carbocycles. The molecule has 2 fully saturated rings. The normalized spacial score (nSPS) is 28.9. The summed E-state index contributed by atoms with van der Waals surface area (Å²) in [5.74, 6) is 1.33. The predicted molar refractivity (Wildman–Crippen MR) is 80.0 cm³/mol. The second-order valence-corrected chi connectivity index (χ2v) is 6.76. The van der Waals surface area contributed by atoms with E-state index in [0.29, 0.717) is 12.0 Å². The lowest BCUT2D eigenvalue weighted by Crippen LogP contribution is -2.43. The highest BCUT2D eigenvalue weighted by Crippen LogP contribution is 2.31. The van der Waals surface area contributed by atoms with Crippen molar-refractivity contribution in [2.45, 2.75) is 57.8 Å². The molecule has 0 bridgehead atoms. The molecule has 5 nitrogen and oxygen atoms in total. The molecule has 2 unspecified atom stereocenters. The molecular formula is C16H24N4O. The molecule has 0 aromatic carbocycles. The summed E-state index contributed by atoms with van der Waals surface area (Å²) in [6, 6.07) is 0.627. The predicted octanol–water partition coefficient (Wildman–Crippen LogP) is 1.74. The Hall–Kier alpha value is -1.04. The van der Waals surface area contributed by atoms with Crippen LogP contribution in [0, 0.1) is 0 Å². The summed E-state index contributed by atoms with van der Waals surface area (Å²) in [7, 11) is 0. The molecule has 0 amide bonds. The van der Waals surface area contributed by atoms with Gasteiger partial charge in [0.05, 0.1) is 18.0 Å². The Morgan fingerprint density at radius 2 is 2.19 bits per heavy atom. The van der Waals surface area contributed by atoms with Crippen molar-refractivity contribution < 1.29 is 4.74 Å². The molecule has 4 rings (SSSR count). The number of ether oxygens (including phenoxy) is 1. The molecule has 114 valence electrons. The van der Waals surface area contributed by atoms with Gasteiger partial charge in [-0.05, 0) is 25.3 Å². The minimum atomic E-state index is 0.0442. The number of hydrogen-bond donors (Lipinski definition) is 1. The van der Waals surface area contributed by atoms with Crippen LogP contribution in [0.5, 0.6) is 0 Å². The van der Waals surface area contributed by atoms with Crippen LogP contribution in [0.4, 0.5) is 0 Å². The lowest BCUT2D eigenvalue weighted by molar-refractivity contribution is -0.0543. The largest absolute Gasteiger partial charge is 0.367 e. The van der Waals surface area contributed by atoms with Gasteiger partial charge in [-0.2, -0.15) is 0 Å². The Morgan fingerprint density at radius 3 is 3.05 bits per heavy atom. The number of nitrogens with one attached hydrogen (secondary N) is 1. The van der Waals surface area contributed by atoms with E-state index in [0.717, 1.165) is 32.1 Å². The van der Waals surface area contributed by atoms with Gasteiger partial charge in [-0.1, -0.05) is 13.8 Å². The van der Waals surface area contributed by atoms with Crippen LogP contribution < -0.4 is 5.32 Å². The highest BCUT2D eigenvalue weighted by atomic mass is 16.5. The minimum Gasteiger partial charge on any atom is -0.367 e. The molecule has 0 spiro atoms. The van der Waals surface area contributed by atoms with Gasteiger partial charge in [0.15, 0.2) is 5.82 Å². The van der Waals surface area contributed by atoms with Crippen molar-refractivity contribution in [1.29, 1.82) is 0 Å². The van der Waals surface area contributed by atoms with Gasteiger partial charge in [-0.3, -0.25) is 4.90 Å². The third-order valence-corrected chi connectivity index (χ3v) is 4.96. The molecule has 1 N–H and O–H groups in total. The molecule has 0 aliphatic carbocycles. The number of morpholine rings is 1. The summed E-state index contributed by atoms with van der Waals surface area (Å²) >= 11 is 0. The Kier molecular flexibility index (Phi) is 3.44. The minimum absolute atomic E-state index is 0.0442. The SMILES string of the molecule is CC(C)c1nc(C2CN3CCCC3CO2)nc2c1CNC2. The lowest BCUT2D eigenvalue weighted by Gasteiger charge is -2.34. The van der Waals surface area contributed by atoms with Gasteiger partial charge < -0.3 is 10.1 Å². The fraction of sp³-hybridized carbons (Fsp3) is 0.750. The average molecular weight is 288 g/mol. The van der Waals surface area contributed by atoms with Gasteiger partial charge in [0.25, 0.3) is 0 Å². The first-order chi connectivity index (χ1) is 10.2. The van der Waals surface area contributed by atoms with E-state index in [2.05, 4.69) is 24.1 Å². The fourth-order valence-corrected chi connectivity index (χ4v) is 3.81. The molecule has 4 heterocycles. The topological polar surface area (TPSA) is 50.3 Å². The number of rotatable bonds is 2. The fourth-order valence-electron chi connectivity index (χ4n) is 3.81. The summed E-state index contributed by atoms with van der Waals surface area (Å²) in [4.78, 5) is 12.2. The van der Waals surface area contributed by atoms with Crippen LogP contribution in [0.1, 0.15) is 61.5 Å². The molecule has 2 saturated heterocycles. The lowest BCUT2D eigenvalue weighted by atomic mass is 10.0.